The minimum atomic E-state index is -4.29. The van der Waals surface area contributed by atoms with Crippen molar-refractivity contribution in [2.45, 2.75) is 6.92 Å². The summed E-state index contributed by atoms with van der Waals surface area (Å²) in [4.78, 5) is 16.4. The number of phosphoric acid groups is 1. The van der Waals surface area contributed by atoms with Gasteiger partial charge in [-0.25, -0.2) is 4.57 Å². The summed E-state index contributed by atoms with van der Waals surface area (Å²) in [6.07, 6.45) is 6.70. The maximum atomic E-state index is 10.1. The fourth-order valence-corrected chi connectivity index (χ4v) is 0.666. The molecule has 0 saturated carbocycles. The third-order valence-electron chi connectivity index (χ3n) is 0.779. The van der Waals surface area contributed by atoms with Gasteiger partial charge in [0.15, 0.2) is 0 Å². The molecule has 0 radical (unpaired) electrons. The van der Waals surface area contributed by atoms with Gasteiger partial charge >= 0.3 is 7.82 Å². The number of allylic oxidation sites excluding steroid dienone is 3. The van der Waals surface area contributed by atoms with E-state index in [1.54, 1.807) is 18.2 Å². The summed E-state index contributed by atoms with van der Waals surface area (Å²) in [6.45, 7) is 1.77. The highest BCUT2D eigenvalue weighted by molar-refractivity contribution is 7.46. The number of hydrogen-bond donors (Lipinski definition) is 2. The molecule has 5 heteroatoms. The average Bonchev–Trinajstić information content (AvgIpc) is 1.85. The molecule has 0 spiro atoms. The van der Waals surface area contributed by atoms with Gasteiger partial charge in [-0.3, -0.25) is 4.52 Å². The summed E-state index contributed by atoms with van der Waals surface area (Å²) in [6, 6.07) is 0. The highest BCUT2D eigenvalue weighted by Crippen LogP contribution is 2.35. The second kappa shape index (κ2) is 5.27. The highest BCUT2D eigenvalue weighted by Gasteiger charge is 2.10. The molecule has 64 valence electrons. The third kappa shape index (κ3) is 9.59. The lowest BCUT2D eigenvalue weighted by Crippen LogP contribution is -1.86. The fraction of sp³-hybridized carbons (Fsp3) is 0.333. The van der Waals surface area contributed by atoms with Crippen LogP contribution >= 0.6 is 7.82 Å². The molecule has 0 saturated heterocycles. The maximum Gasteiger partial charge on any atom is 0.469 e. The van der Waals surface area contributed by atoms with E-state index in [0.717, 1.165) is 0 Å². The number of rotatable bonds is 4. The molecule has 0 fully saturated rings. The Morgan fingerprint density at radius 1 is 1.45 bits per heavy atom. The molecule has 0 unspecified atom stereocenters. The Morgan fingerprint density at radius 3 is 2.55 bits per heavy atom. The molecule has 0 aliphatic rings. The molecule has 0 aromatic heterocycles. The van der Waals surface area contributed by atoms with Crippen molar-refractivity contribution < 1.29 is 18.9 Å². The molecule has 0 aliphatic heterocycles. The zero-order valence-electron chi connectivity index (χ0n) is 6.17. The van der Waals surface area contributed by atoms with E-state index >= 15 is 0 Å². The lowest BCUT2D eigenvalue weighted by molar-refractivity contribution is 0.215. The monoisotopic (exact) mass is 178 g/mol. The molecule has 0 aliphatic carbocycles. The van der Waals surface area contributed by atoms with Crippen LogP contribution in [0.4, 0.5) is 0 Å². The zero-order chi connectivity index (χ0) is 8.74. The Labute approximate surface area is 65.4 Å². The third-order valence-corrected chi connectivity index (χ3v) is 1.26. The quantitative estimate of drug-likeness (QED) is 0.501. The minimum absolute atomic E-state index is 0.0748. The van der Waals surface area contributed by atoms with Gasteiger partial charge in [0, 0.05) is 0 Å². The van der Waals surface area contributed by atoms with Gasteiger partial charge in [0.25, 0.3) is 0 Å². The summed E-state index contributed by atoms with van der Waals surface area (Å²) in [5.74, 6) is 0. The SMILES string of the molecule is C/C=C/C=C/COP(=O)(O)O. The second-order valence-corrected chi connectivity index (χ2v) is 2.98. The first-order valence-corrected chi connectivity index (χ1v) is 4.57. The van der Waals surface area contributed by atoms with E-state index in [4.69, 9.17) is 9.79 Å². The van der Waals surface area contributed by atoms with Crippen molar-refractivity contribution in [2.75, 3.05) is 6.61 Å². The van der Waals surface area contributed by atoms with Gasteiger partial charge in [-0.05, 0) is 6.92 Å². The van der Waals surface area contributed by atoms with Gasteiger partial charge in [-0.1, -0.05) is 24.3 Å². The van der Waals surface area contributed by atoms with Gasteiger partial charge in [-0.15, -0.1) is 0 Å². The van der Waals surface area contributed by atoms with Crippen molar-refractivity contribution in [2.24, 2.45) is 0 Å². The predicted molar refractivity (Wildman–Crippen MR) is 42.0 cm³/mol. The Balaban J connectivity index is 3.50. The molecule has 0 bridgehead atoms. The molecule has 0 rings (SSSR count). The van der Waals surface area contributed by atoms with Crippen molar-refractivity contribution in [1.29, 1.82) is 0 Å². The van der Waals surface area contributed by atoms with E-state index in [1.807, 2.05) is 6.92 Å². The normalized spacial score (nSPS) is 13.4. The number of phosphoric ester groups is 1. The first-order valence-electron chi connectivity index (χ1n) is 3.04. The van der Waals surface area contributed by atoms with E-state index in [0.29, 0.717) is 0 Å². The van der Waals surface area contributed by atoms with E-state index in [2.05, 4.69) is 4.52 Å². The molecular weight excluding hydrogens is 167 g/mol. The van der Waals surface area contributed by atoms with Gasteiger partial charge in [0.2, 0.25) is 0 Å². The molecule has 0 aromatic carbocycles. The van der Waals surface area contributed by atoms with Crippen LogP contribution < -0.4 is 0 Å². The standard InChI is InChI=1S/C6H11O4P/c1-2-3-4-5-6-10-11(7,8)9/h2-5H,6H2,1H3,(H2,7,8,9)/b3-2+,5-4+. The van der Waals surface area contributed by atoms with Crippen LogP contribution in [0.15, 0.2) is 24.3 Å². The van der Waals surface area contributed by atoms with Gasteiger partial charge < -0.3 is 9.79 Å². The second-order valence-electron chi connectivity index (χ2n) is 1.74. The molecule has 4 nitrogen and oxygen atoms in total. The Kier molecular flexibility index (Phi) is 5.07. The largest absolute Gasteiger partial charge is 0.469 e. The molecule has 11 heavy (non-hydrogen) atoms. The van der Waals surface area contributed by atoms with Gasteiger partial charge in [-0.2, -0.15) is 0 Å². The molecule has 0 atom stereocenters. The molecule has 0 amide bonds. The molecular formula is C6H11O4P. The van der Waals surface area contributed by atoms with Crippen LogP contribution in [0.25, 0.3) is 0 Å². The Morgan fingerprint density at radius 2 is 2.09 bits per heavy atom. The van der Waals surface area contributed by atoms with Crippen molar-refractivity contribution in [3.05, 3.63) is 24.3 Å². The van der Waals surface area contributed by atoms with Crippen molar-refractivity contribution >= 4 is 7.82 Å². The Bertz CT molecular complexity index is 191. The Hall–Kier alpha value is -0.410. The van der Waals surface area contributed by atoms with E-state index < -0.39 is 7.82 Å². The summed E-state index contributed by atoms with van der Waals surface area (Å²) in [5, 5.41) is 0. The topological polar surface area (TPSA) is 66.8 Å². The van der Waals surface area contributed by atoms with Crippen LogP contribution in [0.1, 0.15) is 6.92 Å². The fourth-order valence-electron chi connectivity index (χ4n) is 0.385. The minimum Gasteiger partial charge on any atom is -0.303 e. The van der Waals surface area contributed by atoms with E-state index in [1.165, 1.54) is 6.08 Å². The van der Waals surface area contributed by atoms with Crippen LogP contribution in [0.2, 0.25) is 0 Å². The van der Waals surface area contributed by atoms with Gasteiger partial charge in [0.1, 0.15) is 0 Å². The lowest BCUT2D eigenvalue weighted by atomic mass is 10.4. The average molecular weight is 178 g/mol. The van der Waals surface area contributed by atoms with Crippen LogP contribution in [0.5, 0.6) is 0 Å². The van der Waals surface area contributed by atoms with E-state index in [9.17, 15) is 4.57 Å². The highest BCUT2D eigenvalue weighted by atomic mass is 31.2. The van der Waals surface area contributed by atoms with Crippen molar-refractivity contribution in [3.8, 4) is 0 Å². The van der Waals surface area contributed by atoms with Crippen molar-refractivity contribution in [3.63, 3.8) is 0 Å². The lowest BCUT2D eigenvalue weighted by Gasteiger charge is -1.99. The molecule has 0 aromatic rings. The predicted octanol–water partition coefficient (Wildman–Crippen LogP) is 1.23. The summed E-state index contributed by atoms with van der Waals surface area (Å²) >= 11 is 0. The molecule has 0 heterocycles. The summed E-state index contributed by atoms with van der Waals surface area (Å²) < 4.78 is 14.2. The first kappa shape index (κ1) is 10.6. The zero-order valence-corrected chi connectivity index (χ0v) is 7.07. The van der Waals surface area contributed by atoms with Crippen LogP contribution in [0, 0.1) is 0 Å². The number of hydrogen-bond acceptors (Lipinski definition) is 2. The maximum absolute atomic E-state index is 10.1. The molecule has 2 N–H and O–H groups in total. The van der Waals surface area contributed by atoms with Crippen LogP contribution in [-0.2, 0) is 9.09 Å². The van der Waals surface area contributed by atoms with Crippen LogP contribution in [0.3, 0.4) is 0 Å². The first-order chi connectivity index (χ1) is 5.06. The summed E-state index contributed by atoms with van der Waals surface area (Å²) in [7, 11) is -4.29. The smallest absolute Gasteiger partial charge is 0.303 e. The van der Waals surface area contributed by atoms with Gasteiger partial charge in [0.05, 0.1) is 6.61 Å². The van der Waals surface area contributed by atoms with Crippen LogP contribution in [-0.4, -0.2) is 16.4 Å². The summed E-state index contributed by atoms with van der Waals surface area (Å²) in [5.41, 5.74) is 0. The van der Waals surface area contributed by atoms with Crippen molar-refractivity contribution in [1.82, 2.24) is 0 Å². The van der Waals surface area contributed by atoms with E-state index in [-0.39, 0.29) is 6.61 Å².